The van der Waals surface area contributed by atoms with E-state index >= 15 is 0 Å². The highest BCUT2D eigenvalue weighted by Gasteiger charge is 2.11. The van der Waals surface area contributed by atoms with Crippen LogP contribution in [0.3, 0.4) is 0 Å². The number of allylic oxidation sites excluding steroid dienone is 1. The molecule has 0 aliphatic carbocycles. The van der Waals surface area contributed by atoms with Gasteiger partial charge in [0.25, 0.3) is 0 Å². The lowest BCUT2D eigenvalue weighted by atomic mass is 10.1. The van der Waals surface area contributed by atoms with Gasteiger partial charge in [0, 0.05) is 0 Å². The van der Waals surface area contributed by atoms with Gasteiger partial charge in [-0.2, -0.15) is 0 Å². The van der Waals surface area contributed by atoms with Gasteiger partial charge in [-0.05, 0) is 37.5 Å². The van der Waals surface area contributed by atoms with Crippen LogP contribution >= 0.6 is 0 Å². The maximum Gasteiger partial charge on any atom is 0.338 e. The minimum Gasteiger partial charge on any atom is -0.465 e. The zero-order valence-electron chi connectivity index (χ0n) is 11.1. The van der Waals surface area contributed by atoms with E-state index in [9.17, 15) is 9.59 Å². The molecule has 0 atom stereocenters. The fourth-order valence-electron chi connectivity index (χ4n) is 1.53. The van der Waals surface area contributed by atoms with E-state index in [0.717, 1.165) is 19.3 Å². The Bertz CT molecular complexity index is 451. The quantitative estimate of drug-likeness (QED) is 0.430. The Kier molecular flexibility index (Phi) is 6.36. The average Bonchev–Trinajstić information content (AvgIpc) is 2.46. The Morgan fingerprint density at radius 1 is 1.21 bits per heavy atom. The normalized spacial score (nSPS) is 9.74. The van der Waals surface area contributed by atoms with Crippen LogP contribution in [0.5, 0.6) is 0 Å². The van der Waals surface area contributed by atoms with E-state index < -0.39 is 11.9 Å². The molecular weight excluding hydrogens is 244 g/mol. The van der Waals surface area contributed by atoms with Crippen molar-refractivity contribution in [2.24, 2.45) is 0 Å². The second-order valence-corrected chi connectivity index (χ2v) is 3.99. The Morgan fingerprint density at radius 3 is 2.53 bits per heavy atom. The second-order valence-electron chi connectivity index (χ2n) is 3.99. The number of ether oxygens (including phenoxy) is 2. The van der Waals surface area contributed by atoms with E-state index in [1.165, 1.54) is 13.2 Å². The molecule has 0 saturated heterocycles. The summed E-state index contributed by atoms with van der Waals surface area (Å²) in [5.41, 5.74) is 0.690. The Labute approximate surface area is 113 Å². The summed E-state index contributed by atoms with van der Waals surface area (Å²) < 4.78 is 9.71. The van der Waals surface area contributed by atoms with Crippen molar-refractivity contribution in [2.75, 3.05) is 13.7 Å². The van der Waals surface area contributed by atoms with Crippen molar-refractivity contribution in [3.63, 3.8) is 0 Å². The van der Waals surface area contributed by atoms with Crippen molar-refractivity contribution in [3.8, 4) is 0 Å². The molecule has 0 aromatic heterocycles. The van der Waals surface area contributed by atoms with Gasteiger partial charge in [0.2, 0.25) is 0 Å². The van der Waals surface area contributed by atoms with E-state index in [2.05, 4.69) is 11.3 Å². The van der Waals surface area contributed by atoms with E-state index in [1.54, 1.807) is 18.2 Å². The van der Waals surface area contributed by atoms with Crippen molar-refractivity contribution in [1.82, 2.24) is 0 Å². The zero-order chi connectivity index (χ0) is 14.1. The summed E-state index contributed by atoms with van der Waals surface area (Å²) in [6.07, 6.45) is 4.49. The van der Waals surface area contributed by atoms with Crippen LogP contribution in [0.2, 0.25) is 0 Å². The van der Waals surface area contributed by atoms with Gasteiger partial charge in [0.1, 0.15) is 0 Å². The first kappa shape index (κ1) is 15.0. The third kappa shape index (κ3) is 4.95. The molecule has 0 aliphatic rings. The van der Waals surface area contributed by atoms with E-state index in [0.29, 0.717) is 17.7 Å². The zero-order valence-corrected chi connectivity index (χ0v) is 11.1. The molecule has 0 aliphatic heterocycles. The van der Waals surface area contributed by atoms with Crippen molar-refractivity contribution in [3.05, 3.63) is 48.0 Å². The highest BCUT2D eigenvalue weighted by molar-refractivity contribution is 5.95. The molecule has 0 saturated carbocycles. The van der Waals surface area contributed by atoms with Crippen LogP contribution in [0.15, 0.2) is 36.9 Å². The SMILES string of the molecule is C=CCCCCOC(=O)c1cccc(C(=O)OC)c1. The van der Waals surface area contributed by atoms with Gasteiger partial charge in [-0.3, -0.25) is 0 Å². The topological polar surface area (TPSA) is 52.6 Å². The van der Waals surface area contributed by atoms with Crippen molar-refractivity contribution < 1.29 is 19.1 Å². The summed E-state index contributed by atoms with van der Waals surface area (Å²) in [4.78, 5) is 23.1. The van der Waals surface area contributed by atoms with Crippen LogP contribution in [0, 0.1) is 0 Å². The minimum atomic E-state index is -0.472. The molecule has 0 fully saturated rings. The summed E-state index contributed by atoms with van der Waals surface area (Å²) in [7, 11) is 1.30. The predicted molar refractivity (Wildman–Crippen MR) is 72.1 cm³/mol. The Balaban J connectivity index is 2.52. The van der Waals surface area contributed by atoms with Crippen LogP contribution in [-0.2, 0) is 9.47 Å². The third-order valence-electron chi connectivity index (χ3n) is 2.56. The van der Waals surface area contributed by atoms with Gasteiger partial charge in [0.05, 0.1) is 24.8 Å². The lowest BCUT2D eigenvalue weighted by Gasteiger charge is -2.05. The lowest BCUT2D eigenvalue weighted by molar-refractivity contribution is 0.0498. The largest absolute Gasteiger partial charge is 0.465 e. The van der Waals surface area contributed by atoms with Crippen LogP contribution in [-0.4, -0.2) is 25.7 Å². The summed E-state index contributed by atoms with van der Waals surface area (Å²) in [6.45, 7) is 3.99. The monoisotopic (exact) mass is 262 g/mol. The molecule has 4 nitrogen and oxygen atoms in total. The number of esters is 2. The maximum absolute atomic E-state index is 11.7. The number of methoxy groups -OCH3 is 1. The minimum absolute atomic E-state index is 0.337. The first-order valence-electron chi connectivity index (χ1n) is 6.15. The summed E-state index contributed by atoms with van der Waals surface area (Å²) in [5.74, 6) is -0.898. The Morgan fingerprint density at radius 2 is 1.89 bits per heavy atom. The number of carbonyl (C=O) groups is 2. The van der Waals surface area contributed by atoms with Crippen LogP contribution in [0.1, 0.15) is 40.0 Å². The summed E-state index contributed by atoms with van der Waals surface area (Å²) >= 11 is 0. The standard InChI is InChI=1S/C15H18O4/c1-3-4-5-6-10-19-15(17)13-9-7-8-12(11-13)14(16)18-2/h3,7-9,11H,1,4-6,10H2,2H3. The third-order valence-corrected chi connectivity index (χ3v) is 2.56. The van der Waals surface area contributed by atoms with E-state index in [4.69, 9.17) is 4.74 Å². The molecule has 0 heterocycles. The highest BCUT2D eigenvalue weighted by atomic mass is 16.5. The molecular formula is C15H18O4. The van der Waals surface area contributed by atoms with Gasteiger partial charge >= 0.3 is 11.9 Å². The Hall–Kier alpha value is -2.10. The molecule has 1 rings (SSSR count). The maximum atomic E-state index is 11.7. The van der Waals surface area contributed by atoms with Gasteiger partial charge in [0.15, 0.2) is 0 Å². The van der Waals surface area contributed by atoms with E-state index in [1.807, 2.05) is 6.08 Å². The average molecular weight is 262 g/mol. The molecule has 0 bridgehead atoms. The smallest absolute Gasteiger partial charge is 0.338 e. The van der Waals surface area contributed by atoms with Gasteiger partial charge in [-0.1, -0.05) is 12.1 Å². The van der Waals surface area contributed by atoms with Gasteiger partial charge < -0.3 is 9.47 Å². The fourth-order valence-corrected chi connectivity index (χ4v) is 1.53. The van der Waals surface area contributed by atoms with Crippen molar-refractivity contribution >= 4 is 11.9 Å². The molecule has 0 unspecified atom stereocenters. The molecule has 1 aromatic carbocycles. The molecule has 1 aromatic rings. The van der Waals surface area contributed by atoms with Crippen LogP contribution in [0.4, 0.5) is 0 Å². The molecule has 4 heteroatoms. The first-order chi connectivity index (χ1) is 9.19. The molecule has 19 heavy (non-hydrogen) atoms. The lowest BCUT2D eigenvalue weighted by Crippen LogP contribution is -2.08. The number of carbonyl (C=O) groups excluding carboxylic acids is 2. The number of unbranched alkanes of at least 4 members (excludes halogenated alkanes) is 2. The van der Waals surface area contributed by atoms with Crippen LogP contribution < -0.4 is 0 Å². The van der Waals surface area contributed by atoms with Gasteiger partial charge in [-0.25, -0.2) is 9.59 Å². The molecule has 102 valence electrons. The van der Waals surface area contributed by atoms with Crippen molar-refractivity contribution in [2.45, 2.75) is 19.3 Å². The summed E-state index contributed by atoms with van der Waals surface area (Å²) in [5, 5.41) is 0. The fraction of sp³-hybridized carbons (Fsp3) is 0.333. The number of benzene rings is 1. The molecule has 0 N–H and O–H groups in total. The highest BCUT2D eigenvalue weighted by Crippen LogP contribution is 2.08. The predicted octanol–water partition coefficient (Wildman–Crippen LogP) is 2.99. The molecule has 0 spiro atoms. The molecule has 0 radical (unpaired) electrons. The van der Waals surface area contributed by atoms with Crippen molar-refractivity contribution in [1.29, 1.82) is 0 Å². The van der Waals surface area contributed by atoms with Crippen LogP contribution in [0.25, 0.3) is 0 Å². The number of hydrogen-bond donors (Lipinski definition) is 0. The van der Waals surface area contributed by atoms with E-state index in [-0.39, 0.29) is 0 Å². The molecule has 0 amide bonds. The summed E-state index contributed by atoms with van der Waals surface area (Å²) in [6, 6.07) is 6.30. The number of rotatable bonds is 7. The number of hydrogen-bond acceptors (Lipinski definition) is 4. The van der Waals surface area contributed by atoms with Gasteiger partial charge in [-0.15, -0.1) is 6.58 Å². The first-order valence-corrected chi connectivity index (χ1v) is 6.15. The second kappa shape index (κ2) is 8.08.